The molecule has 1 heterocycles. The Bertz CT molecular complexity index is 893. The molecule has 4 aromatic rings. The number of hydrogen-bond donors (Lipinski definition) is 0. The summed E-state index contributed by atoms with van der Waals surface area (Å²) in [7, 11) is 0. The van der Waals surface area contributed by atoms with E-state index in [0.717, 1.165) is 11.2 Å². The summed E-state index contributed by atoms with van der Waals surface area (Å²) in [6.07, 6.45) is 0. The van der Waals surface area contributed by atoms with Gasteiger partial charge in [0.1, 0.15) is 0 Å². The van der Waals surface area contributed by atoms with Crippen molar-refractivity contribution >= 4 is 32.4 Å². The standard InChI is InChI=1S/C18H13N.Ir/c1-12-10-11-17-15-8-3-2-6-13(15)14-7-4-5-9-16(14)18(17)19-12;/h2-11H,1H3;/q;+3. The van der Waals surface area contributed by atoms with Gasteiger partial charge in [-0.3, -0.25) is 4.98 Å². The molecule has 0 unspecified atom stereocenters. The molecular formula is C18H13IrN+3. The summed E-state index contributed by atoms with van der Waals surface area (Å²) in [5.74, 6) is 0. The number of aromatic nitrogens is 1. The summed E-state index contributed by atoms with van der Waals surface area (Å²) >= 11 is 0. The molecule has 0 aliphatic heterocycles. The molecule has 2 heteroatoms. The van der Waals surface area contributed by atoms with Gasteiger partial charge >= 0.3 is 20.1 Å². The Balaban J connectivity index is 0.00000121. The molecule has 0 bridgehead atoms. The molecule has 20 heavy (non-hydrogen) atoms. The Morgan fingerprint density at radius 1 is 0.600 bits per heavy atom. The van der Waals surface area contributed by atoms with Crippen LogP contribution >= 0.6 is 0 Å². The molecule has 0 atom stereocenters. The predicted octanol–water partition coefficient (Wildman–Crippen LogP) is 4.85. The maximum atomic E-state index is 4.75. The van der Waals surface area contributed by atoms with Crippen LogP contribution in [0.4, 0.5) is 0 Å². The molecular weight excluding hydrogens is 422 g/mol. The number of hydrogen-bond acceptors (Lipinski definition) is 1. The zero-order chi connectivity index (χ0) is 12.8. The van der Waals surface area contributed by atoms with Crippen LogP contribution in [0.1, 0.15) is 5.69 Å². The van der Waals surface area contributed by atoms with Crippen molar-refractivity contribution in [3.8, 4) is 0 Å². The van der Waals surface area contributed by atoms with Crippen LogP contribution in [0.15, 0.2) is 60.7 Å². The molecule has 0 N–H and O–H groups in total. The maximum absolute atomic E-state index is 4.75. The van der Waals surface area contributed by atoms with E-state index in [1.807, 2.05) is 6.92 Å². The molecule has 1 aromatic heterocycles. The van der Waals surface area contributed by atoms with E-state index < -0.39 is 0 Å². The van der Waals surface area contributed by atoms with Gasteiger partial charge in [-0.2, -0.15) is 0 Å². The molecule has 0 saturated heterocycles. The molecule has 1 nitrogen and oxygen atoms in total. The van der Waals surface area contributed by atoms with Gasteiger partial charge < -0.3 is 0 Å². The van der Waals surface area contributed by atoms with E-state index in [1.165, 1.54) is 26.9 Å². The molecule has 0 aliphatic carbocycles. The Kier molecular flexibility index (Phi) is 3.29. The second-order valence-electron chi connectivity index (χ2n) is 4.94. The zero-order valence-electron chi connectivity index (χ0n) is 11.1. The van der Waals surface area contributed by atoms with E-state index in [9.17, 15) is 0 Å². The number of benzene rings is 3. The molecule has 0 fully saturated rings. The first kappa shape index (κ1) is 13.2. The van der Waals surface area contributed by atoms with Gasteiger partial charge in [0.15, 0.2) is 0 Å². The summed E-state index contributed by atoms with van der Waals surface area (Å²) in [5, 5.41) is 6.34. The molecule has 0 radical (unpaired) electrons. The predicted molar refractivity (Wildman–Crippen MR) is 81.5 cm³/mol. The molecule has 0 aliphatic rings. The van der Waals surface area contributed by atoms with Crippen molar-refractivity contribution in [2.24, 2.45) is 0 Å². The number of pyridine rings is 1. The van der Waals surface area contributed by atoms with Gasteiger partial charge in [0.2, 0.25) is 0 Å². The van der Waals surface area contributed by atoms with Gasteiger partial charge in [-0.15, -0.1) is 0 Å². The van der Waals surface area contributed by atoms with E-state index in [0.29, 0.717) is 0 Å². The van der Waals surface area contributed by atoms with Crippen LogP contribution in [-0.4, -0.2) is 4.98 Å². The van der Waals surface area contributed by atoms with Crippen LogP contribution in [0.2, 0.25) is 0 Å². The third-order valence-electron chi connectivity index (χ3n) is 3.72. The Hall–Kier alpha value is -1.76. The van der Waals surface area contributed by atoms with Gasteiger partial charge in [-0.25, -0.2) is 0 Å². The fourth-order valence-corrected chi connectivity index (χ4v) is 2.86. The largest absolute Gasteiger partial charge is 3.00 e. The molecule has 0 spiro atoms. The fraction of sp³-hybridized carbons (Fsp3) is 0.0556. The van der Waals surface area contributed by atoms with Crippen molar-refractivity contribution in [2.75, 3.05) is 0 Å². The zero-order valence-corrected chi connectivity index (χ0v) is 13.4. The van der Waals surface area contributed by atoms with Gasteiger partial charge in [-0.1, -0.05) is 54.6 Å². The van der Waals surface area contributed by atoms with Gasteiger partial charge in [0.25, 0.3) is 0 Å². The Morgan fingerprint density at radius 2 is 1.05 bits per heavy atom. The molecule has 3 aromatic carbocycles. The van der Waals surface area contributed by atoms with Gasteiger partial charge in [-0.05, 0) is 29.1 Å². The van der Waals surface area contributed by atoms with Crippen LogP contribution in [0, 0.1) is 6.92 Å². The van der Waals surface area contributed by atoms with Crippen LogP contribution in [0.25, 0.3) is 32.4 Å². The van der Waals surface area contributed by atoms with Crippen LogP contribution in [0.5, 0.6) is 0 Å². The summed E-state index contributed by atoms with van der Waals surface area (Å²) in [5.41, 5.74) is 2.17. The number of fused-ring (bicyclic) bond motifs is 6. The smallest absolute Gasteiger partial charge is 0.252 e. The molecule has 0 saturated carbocycles. The van der Waals surface area contributed by atoms with E-state index in [1.54, 1.807) is 0 Å². The summed E-state index contributed by atoms with van der Waals surface area (Å²) in [6, 6.07) is 21.4. The van der Waals surface area contributed by atoms with Gasteiger partial charge in [0.05, 0.1) is 5.52 Å². The van der Waals surface area contributed by atoms with Crippen molar-refractivity contribution < 1.29 is 20.1 Å². The minimum Gasteiger partial charge on any atom is -0.252 e. The first-order chi connectivity index (χ1) is 9.34. The first-order valence-corrected chi connectivity index (χ1v) is 6.51. The summed E-state index contributed by atoms with van der Waals surface area (Å²) in [4.78, 5) is 4.75. The topological polar surface area (TPSA) is 12.9 Å². The van der Waals surface area contributed by atoms with Crippen molar-refractivity contribution in [2.45, 2.75) is 6.92 Å². The minimum absolute atomic E-state index is 0. The minimum atomic E-state index is 0. The van der Waals surface area contributed by atoms with E-state index in [2.05, 4.69) is 60.7 Å². The normalized spacial score (nSPS) is 10.8. The summed E-state index contributed by atoms with van der Waals surface area (Å²) in [6.45, 7) is 2.05. The monoisotopic (exact) mass is 436 g/mol. The Morgan fingerprint density at radius 3 is 1.65 bits per heavy atom. The molecule has 0 amide bonds. The fourth-order valence-electron chi connectivity index (χ4n) is 2.86. The maximum Gasteiger partial charge on any atom is 3.00 e. The van der Waals surface area contributed by atoms with Crippen LogP contribution in [-0.2, 0) is 20.1 Å². The SMILES string of the molecule is Cc1ccc2c3ccccc3c3ccccc3c2n1.[Ir+3]. The average Bonchev–Trinajstić information content (AvgIpc) is 2.47. The second kappa shape index (κ2) is 4.97. The van der Waals surface area contributed by atoms with Crippen LogP contribution in [0.3, 0.4) is 0 Å². The van der Waals surface area contributed by atoms with Crippen molar-refractivity contribution in [3.05, 3.63) is 66.4 Å². The molecule has 4 rings (SSSR count). The van der Waals surface area contributed by atoms with Crippen LogP contribution < -0.4 is 0 Å². The molecule has 96 valence electrons. The third kappa shape index (κ3) is 1.84. The number of aryl methyl sites for hydroxylation is 1. The number of nitrogens with zero attached hydrogens (tertiary/aromatic N) is 1. The number of rotatable bonds is 0. The van der Waals surface area contributed by atoms with E-state index >= 15 is 0 Å². The van der Waals surface area contributed by atoms with Crippen molar-refractivity contribution in [3.63, 3.8) is 0 Å². The van der Waals surface area contributed by atoms with Crippen molar-refractivity contribution in [1.29, 1.82) is 0 Å². The van der Waals surface area contributed by atoms with E-state index in [-0.39, 0.29) is 20.1 Å². The van der Waals surface area contributed by atoms with E-state index in [4.69, 9.17) is 4.98 Å². The summed E-state index contributed by atoms with van der Waals surface area (Å²) < 4.78 is 0. The second-order valence-corrected chi connectivity index (χ2v) is 4.94. The quantitative estimate of drug-likeness (QED) is 0.360. The Labute approximate surface area is 131 Å². The average molecular weight is 436 g/mol. The van der Waals surface area contributed by atoms with Crippen molar-refractivity contribution in [1.82, 2.24) is 4.98 Å². The first-order valence-electron chi connectivity index (χ1n) is 6.51. The third-order valence-corrected chi connectivity index (χ3v) is 3.72. The van der Waals surface area contributed by atoms with Gasteiger partial charge in [0, 0.05) is 16.5 Å².